The topological polar surface area (TPSA) is 50.5 Å². The largest absolute Gasteiger partial charge is 0.271 e. The molecule has 1 aliphatic heterocycles. The Hall–Kier alpha value is -2.43. The molecule has 0 radical (unpaired) electrons. The Balaban J connectivity index is 1.99. The molecule has 0 aliphatic carbocycles. The molecule has 1 unspecified atom stereocenters. The van der Waals surface area contributed by atoms with Gasteiger partial charge < -0.3 is 0 Å². The molecule has 3 rings (SSSR count). The summed E-state index contributed by atoms with van der Waals surface area (Å²) in [6.45, 7) is 3.80. The van der Waals surface area contributed by atoms with E-state index in [9.17, 15) is 4.79 Å². The van der Waals surface area contributed by atoms with Crippen LogP contribution in [-0.4, -0.2) is 21.4 Å². The lowest BCUT2D eigenvalue weighted by Crippen LogP contribution is -2.26. The summed E-state index contributed by atoms with van der Waals surface area (Å²) < 4.78 is 1.76. The molecule has 2 aromatic rings. The fraction of sp³-hybridized carbons (Fsp3) is 0.267. The molecule has 0 saturated heterocycles. The van der Waals surface area contributed by atoms with Crippen molar-refractivity contribution in [2.24, 2.45) is 12.1 Å². The van der Waals surface area contributed by atoms with Crippen LogP contribution in [-0.2, 0) is 11.8 Å². The Kier molecular flexibility index (Phi) is 2.89. The van der Waals surface area contributed by atoms with Gasteiger partial charge in [-0.1, -0.05) is 18.2 Å². The quantitative estimate of drug-likeness (QED) is 0.838. The van der Waals surface area contributed by atoms with Gasteiger partial charge in [0.05, 0.1) is 22.8 Å². The Morgan fingerprint density at radius 1 is 1.15 bits per heavy atom. The first-order chi connectivity index (χ1) is 9.58. The summed E-state index contributed by atoms with van der Waals surface area (Å²) in [5.41, 5.74) is 3.37. The third-order valence-electron chi connectivity index (χ3n) is 3.47. The van der Waals surface area contributed by atoms with Crippen LogP contribution in [0.1, 0.15) is 24.2 Å². The van der Waals surface area contributed by atoms with Crippen molar-refractivity contribution >= 4 is 17.3 Å². The summed E-state index contributed by atoms with van der Waals surface area (Å²) in [4.78, 5) is 12.6. The van der Waals surface area contributed by atoms with Gasteiger partial charge in [-0.2, -0.15) is 15.2 Å². The number of hydrazone groups is 1. The van der Waals surface area contributed by atoms with E-state index in [4.69, 9.17) is 0 Å². The summed E-state index contributed by atoms with van der Waals surface area (Å²) in [6, 6.07) is 11.4. The van der Waals surface area contributed by atoms with Crippen LogP contribution in [0.3, 0.4) is 0 Å². The molecular weight excluding hydrogens is 252 g/mol. The Morgan fingerprint density at radius 3 is 2.45 bits per heavy atom. The van der Waals surface area contributed by atoms with Crippen molar-refractivity contribution in [1.82, 2.24) is 9.78 Å². The molecule has 1 aromatic carbocycles. The standard InChI is InChI=1S/C15H16N4O/c1-10-9-13(18(3)16-10)14-11(2)17-19(15(14)20)12-7-5-4-6-8-12/h4-9,14H,1-3H3. The van der Waals surface area contributed by atoms with Gasteiger partial charge in [0.2, 0.25) is 0 Å². The maximum Gasteiger partial charge on any atom is 0.262 e. The molecule has 5 nitrogen and oxygen atoms in total. The van der Waals surface area contributed by atoms with Crippen molar-refractivity contribution in [3.05, 3.63) is 47.8 Å². The monoisotopic (exact) mass is 268 g/mol. The van der Waals surface area contributed by atoms with Gasteiger partial charge in [-0.05, 0) is 32.0 Å². The van der Waals surface area contributed by atoms with Gasteiger partial charge in [0.1, 0.15) is 5.92 Å². The van der Waals surface area contributed by atoms with Gasteiger partial charge in [0.15, 0.2) is 0 Å². The minimum atomic E-state index is -0.346. The van der Waals surface area contributed by atoms with Crippen LogP contribution in [0.2, 0.25) is 0 Å². The normalized spacial score (nSPS) is 18.6. The Labute approximate surface area is 117 Å². The maximum absolute atomic E-state index is 12.6. The summed E-state index contributed by atoms with van der Waals surface area (Å²) in [6.07, 6.45) is 0. The number of carbonyl (C=O) groups excluding carboxylic acids is 1. The van der Waals surface area contributed by atoms with Crippen LogP contribution < -0.4 is 5.01 Å². The molecule has 102 valence electrons. The molecule has 1 aromatic heterocycles. The molecule has 0 saturated carbocycles. The van der Waals surface area contributed by atoms with Crippen molar-refractivity contribution < 1.29 is 4.79 Å². The van der Waals surface area contributed by atoms with Crippen LogP contribution >= 0.6 is 0 Å². The van der Waals surface area contributed by atoms with Gasteiger partial charge in [0.25, 0.3) is 5.91 Å². The van der Waals surface area contributed by atoms with Crippen LogP contribution in [0.25, 0.3) is 0 Å². The molecule has 0 spiro atoms. The Bertz CT molecular complexity index is 687. The molecule has 20 heavy (non-hydrogen) atoms. The third kappa shape index (κ3) is 1.91. The number of para-hydroxylation sites is 1. The lowest BCUT2D eigenvalue weighted by Gasteiger charge is -2.14. The minimum absolute atomic E-state index is 0.0308. The Morgan fingerprint density at radius 2 is 1.85 bits per heavy atom. The second kappa shape index (κ2) is 4.59. The van der Waals surface area contributed by atoms with Gasteiger partial charge in [-0.25, -0.2) is 0 Å². The predicted octanol–water partition coefficient (Wildman–Crippen LogP) is 2.23. The summed E-state index contributed by atoms with van der Waals surface area (Å²) in [5, 5.41) is 10.2. The molecule has 1 aliphatic rings. The van der Waals surface area contributed by atoms with Crippen LogP contribution in [0, 0.1) is 6.92 Å². The van der Waals surface area contributed by atoms with Gasteiger partial charge >= 0.3 is 0 Å². The number of aromatic nitrogens is 2. The molecule has 2 heterocycles. The van der Waals surface area contributed by atoms with E-state index in [1.807, 2.05) is 57.3 Å². The first-order valence-electron chi connectivity index (χ1n) is 6.52. The second-order valence-corrected chi connectivity index (χ2v) is 4.99. The average molecular weight is 268 g/mol. The molecule has 0 N–H and O–H groups in total. The smallest absolute Gasteiger partial charge is 0.262 e. The number of hydrogen-bond donors (Lipinski definition) is 0. The lowest BCUT2D eigenvalue weighted by molar-refractivity contribution is -0.118. The first kappa shape index (κ1) is 12.6. The third-order valence-corrected chi connectivity index (χ3v) is 3.47. The number of carbonyl (C=O) groups is 1. The number of amides is 1. The van der Waals surface area contributed by atoms with Crippen LogP contribution in [0.15, 0.2) is 41.5 Å². The molecule has 1 atom stereocenters. The first-order valence-corrected chi connectivity index (χ1v) is 6.52. The van der Waals surface area contributed by atoms with E-state index in [0.717, 1.165) is 22.8 Å². The molecule has 1 amide bonds. The minimum Gasteiger partial charge on any atom is -0.271 e. The zero-order chi connectivity index (χ0) is 14.3. The molecule has 5 heteroatoms. The zero-order valence-electron chi connectivity index (χ0n) is 11.7. The average Bonchev–Trinajstić information content (AvgIpc) is 2.90. The van der Waals surface area contributed by atoms with E-state index >= 15 is 0 Å². The van der Waals surface area contributed by atoms with E-state index in [2.05, 4.69) is 10.2 Å². The predicted molar refractivity (Wildman–Crippen MR) is 77.7 cm³/mol. The fourth-order valence-corrected chi connectivity index (χ4v) is 2.56. The van der Waals surface area contributed by atoms with E-state index < -0.39 is 0 Å². The number of nitrogens with zero attached hydrogens (tertiary/aromatic N) is 4. The lowest BCUT2D eigenvalue weighted by atomic mass is 10.00. The highest BCUT2D eigenvalue weighted by atomic mass is 16.2. The van der Waals surface area contributed by atoms with Crippen molar-refractivity contribution in [2.75, 3.05) is 5.01 Å². The van der Waals surface area contributed by atoms with E-state index in [-0.39, 0.29) is 11.8 Å². The van der Waals surface area contributed by atoms with Gasteiger partial charge in [-0.15, -0.1) is 0 Å². The van der Waals surface area contributed by atoms with Gasteiger partial charge in [0, 0.05) is 7.05 Å². The highest BCUT2D eigenvalue weighted by molar-refractivity contribution is 6.18. The van der Waals surface area contributed by atoms with E-state index in [1.165, 1.54) is 5.01 Å². The number of hydrogen-bond acceptors (Lipinski definition) is 3. The summed E-state index contributed by atoms with van der Waals surface area (Å²) >= 11 is 0. The van der Waals surface area contributed by atoms with Crippen molar-refractivity contribution in [3.8, 4) is 0 Å². The second-order valence-electron chi connectivity index (χ2n) is 4.99. The van der Waals surface area contributed by atoms with Crippen molar-refractivity contribution in [1.29, 1.82) is 0 Å². The van der Waals surface area contributed by atoms with Gasteiger partial charge in [-0.3, -0.25) is 9.48 Å². The zero-order valence-corrected chi connectivity index (χ0v) is 11.7. The van der Waals surface area contributed by atoms with E-state index in [1.54, 1.807) is 4.68 Å². The number of aryl methyl sites for hydroxylation is 2. The SMILES string of the molecule is CC1=NN(c2ccccc2)C(=O)C1c1cc(C)nn1C. The summed E-state index contributed by atoms with van der Waals surface area (Å²) in [5.74, 6) is -0.377. The van der Waals surface area contributed by atoms with Crippen LogP contribution in [0.4, 0.5) is 5.69 Å². The van der Waals surface area contributed by atoms with Crippen LogP contribution in [0.5, 0.6) is 0 Å². The molecule has 0 bridgehead atoms. The van der Waals surface area contributed by atoms with E-state index in [0.29, 0.717) is 0 Å². The summed E-state index contributed by atoms with van der Waals surface area (Å²) in [7, 11) is 1.86. The molecular formula is C15H16N4O. The maximum atomic E-state index is 12.6. The fourth-order valence-electron chi connectivity index (χ4n) is 2.56. The number of benzene rings is 1. The number of anilines is 1. The molecule has 0 fully saturated rings. The van der Waals surface area contributed by atoms with Crippen molar-refractivity contribution in [2.45, 2.75) is 19.8 Å². The number of rotatable bonds is 2. The van der Waals surface area contributed by atoms with Crippen molar-refractivity contribution in [3.63, 3.8) is 0 Å². The highest BCUT2D eigenvalue weighted by Gasteiger charge is 2.37. The highest BCUT2D eigenvalue weighted by Crippen LogP contribution is 2.30.